The Bertz CT molecular complexity index is 183. The molecular formula is C12H18O. The third kappa shape index (κ3) is 2.70. The monoisotopic (exact) mass is 178 g/mol. The van der Waals surface area contributed by atoms with Crippen LogP contribution in [-0.2, 0) is 4.74 Å². The summed E-state index contributed by atoms with van der Waals surface area (Å²) in [5.41, 5.74) is 0. The molecule has 0 aromatic carbocycles. The standard InChI is InChI=1S/C12H18O/c1-3-7-11(8-4-1)13-12-9-5-2-6-10-12/h3,5,7,9,11-12H,1-2,4,6,8,10H2. The Balaban J connectivity index is 1.82. The summed E-state index contributed by atoms with van der Waals surface area (Å²) in [4.78, 5) is 0. The average molecular weight is 178 g/mol. The van der Waals surface area contributed by atoms with E-state index >= 15 is 0 Å². The molecule has 1 heteroatoms. The van der Waals surface area contributed by atoms with Gasteiger partial charge in [-0.15, -0.1) is 0 Å². The van der Waals surface area contributed by atoms with Gasteiger partial charge in [-0.1, -0.05) is 24.3 Å². The molecule has 2 atom stereocenters. The van der Waals surface area contributed by atoms with Crippen molar-refractivity contribution in [3.05, 3.63) is 24.3 Å². The average Bonchev–Trinajstić information content (AvgIpc) is 2.21. The first-order chi connectivity index (χ1) is 6.45. The van der Waals surface area contributed by atoms with Gasteiger partial charge in [0.25, 0.3) is 0 Å². The van der Waals surface area contributed by atoms with E-state index in [-0.39, 0.29) is 0 Å². The van der Waals surface area contributed by atoms with Crippen LogP contribution in [0.25, 0.3) is 0 Å². The fourth-order valence-electron chi connectivity index (χ4n) is 2.01. The van der Waals surface area contributed by atoms with Gasteiger partial charge in [-0.3, -0.25) is 0 Å². The van der Waals surface area contributed by atoms with Gasteiger partial charge < -0.3 is 4.74 Å². The van der Waals surface area contributed by atoms with Crippen molar-refractivity contribution in [3.63, 3.8) is 0 Å². The third-order valence-corrected chi connectivity index (χ3v) is 2.77. The van der Waals surface area contributed by atoms with Crippen LogP contribution < -0.4 is 0 Å². The van der Waals surface area contributed by atoms with Crippen molar-refractivity contribution in [1.29, 1.82) is 0 Å². The van der Waals surface area contributed by atoms with Crippen LogP contribution in [-0.4, -0.2) is 12.2 Å². The molecule has 2 rings (SSSR count). The second-order valence-electron chi connectivity index (χ2n) is 3.93. The maximum Gasteiger partial charge on any atom is 0.0764 e. The van der Waals surface area contributed by atoms with Crippen molar-refractivity contribution in [1.82, 2.24) is 0 Å². The van der Waals surface area contributed by atoms with E-state index < -0.39 is 0 Å². The molecule has 0 spiro atoms. The summed E-state index contributed by atoms with van der Waals surface area (Å²) in [5, 5.41) is 0. The topological polar surface area (TPSA) is 9.23 Å². The van der Waals surface area contributed by atoms with E-state index in [9.17, 15) is 0 Å². The molecule has 1 nitrogen and oxygen atoms in total. The molecule has 0 heterocycles. The van der Waals surface area contributed by atoms with Crippen molar-refractivity contribution in [2.24, 2.45) is 0 Å². The van der Waals surface area contributed by atoms with Crippen LogP contribution in [0.2, 0.25) is 0 Å². The van der Waals surface area contributed by atoms with E-state index in [1.54, 1.807) is 0 Å². The van der Waals surface area contributed by atoms with E-state index in [1.165, 1.54) is 38.5 Å². The van der Waals surface area contributed by atoms with Crippen LogP contribution in [0.1, 0.15) is 38.5 Å². The summed E-state index contributed by atoms with van der Waals surface area (Å²) >= 11 is 0. The van der Waals surface area contributed by atoms with Gasteiger partial charge >= 0.3 is 0 Å². The van der Waals surface area contributed by atoms with Crippen LogP contribution in [0.5, 0.6) is 0 Å². The Kier molecular flexibility index (Phi) is 3.20. The minimum absolute atomic E-state index is 0.390. The first-order valence-corrected chi connectivity index (χ1v) is 5.44. The van der Waals surface area contributed by atoms with Gasteiger partial charge in [0.2, 0.25) is 0 Å². The first kappa shape index (κ1) is 9.01. The SMILES string of the molecule is C1=CC(OC2C=CCCC2)CCC1. The van der Waals surface area contributed by atoms with E-state index in [0.717, 1.165) is 0 Å². The van der Waals surface area contributed by atoms with Gasteiger partial charge in [-0.2, -0.15) is 0 Å². The van der Waals surface area contributed by atoms with Gasteiger partial charge in [0.05, 0.1) is 12.2 Å². The van der Waals surface area contributed by atoms with Crippen LogP contribution in [0.3, 0.4) is 0 Å². The van der Waals surface area contributed by atoms with Crippen molar-refractivity contribution < 1.29 is 4.74 Å². The number of allylic oxidation sites excluding steroid dienone is 2. The van der Waals surface area contributed by atoms with E-state index in [4.69, 9.17) is 4.74 Å². The second kappa shape index (κ2) is 4.61. The van der Waals surface area contributed by atoms with Crippen molar-refractivity contribution >= 4 is 0 Å². The molecule has 0 aliphatic heterocycles. The predicted molar refractivity (Wildman–Crippen MR) is 54.6 cm³/mol. The Labute approximate surface area is 80.5 Å². The molecular weight excluding hydrogens is 160 g/mol. The Morgan fingerprint density at radius 3 is 1.77 bits per heavy atom. The zero-order valence-corrected chi connectivity index (χ0v) is 8.11. The summed E-state index contributed by atoms with van der Waals surface area (Å²) in [7, 11) is 0. The minimum atomic E-state index is 0.390. The van der Waals surface area contributed by atoms with Crippen molar-refractivity contribution in [3.8, 4) is 0 Å². The zero-order valence-electron chi connectivity index (χ0n) is 8.11. The number of ether oxygens (including phenoxy) is 1. The van der Waals surface area contributed by atoms with Gasteiger partial charge in [-0.25, -0.2) is 0 Å². The quantitative estimate of drug-likeness (QED) is 0.590. The fourth-order valence-corrected chi connectivity index (χ4v) is 2.01. The predicted octanol–water partition coefficient (Wildman–Crippen LogP) is 3.22. The lowest BCUT2D eigenvalue weighted by Crippen LogP contribution is -2.21. The molecule has 0 aromatic rings. The Hall–Kier alpha value is -0.560. The lowest BCUT2D eigenvalue weighted by atomic mass is 10.0. The molecule has 0 radical (unpaired) electrons. The molecule has 13 heavy (non-hydrogen) atoms. The molecule has 0 aromatic heterocycles. The van der Waals surface area contributed by atoms with E-state index in [2.05, 4.69) is 24.3 Å². The van der Waals surface area contributed by atoms with Crippen LogP contribution in [0.4, 0.5) is 0 Å². The summed E-state index contributed by atoms with van der Waals surface area (Å²) < 4.78 is 5.96. The van der Waals surface area contributed by atoms with Crippen molar-refractivity contribution in [2.75, 3.05) is 0 Å². The lowest BCUT2D eigenvalue weighted by Gasteiger charge is -2.24. The maximum atomic E-state index is 5.96. The number of hydrogen-bond acceptors (Lipinski definition) is 1. The summed E-state index contributed by atoms with van der Waals surface area (Å²) in [6.45, 7) is 0. The molecule has 72 valence electrons. The molecule has 0 amide bonds. The van der Waals surface area contributed by atoms with Crippen LogP contribution in [0.15, 0.2) is 24.3 Å². The summed E-state index contributed by atoms with van der Waals surface area (Å²) in [6, 6.07) is 0. The highest BCUT2D eigenvalue weighted by atomic mass is 16.5. The lowest BCUT2D eigenvalue weighted by molar-refractivity contribution is 0.0259. The molecule has 0 N–H and O–H groups in total. The van der Waals surface area contributed by atoms with Gasteiger partial charge in [0.1, 0.15) is 0 Å². The third-order valence-electron chi connectivity index (χ3n) is 2.77. The molecule has 2 aliphatic rings. The highest BCUT2D eigenvalue weighted by molar-refractivity contribution is 4.99. The number of hydrogen-bond donors (Lipinski definition) is 0. The summed E-state index contributed by atoms with van der Waals surface area (Å²) in [5.74, 6) is 0. The largest absolute Gasteiger partial charge is 0.367 e. The fraction of sp³-hybridized carbons (Fsp3) is 0.667. The first-order valence-electron chi connectivity index (χ1n) is 5.44. The minimum Gasteiger partial charge on any atom is -0.367 e. The van der Waals surface area contributed by atoms with Crippen LogP contribution in [0, 0.1) is 0 Å². The van der Waals surface area contributed by atoms with E-state index in [0.29, 0.717) is 12.2 Å². The Morgan fingerprint density at radius 1 is 0.846 bits per heavy atom. The molecule has 2 unspecified atom stereocenters. The highest BCUT2D eigenvalue weighted by Crippen LogP contribution is 2.20. The second-order valence-corrected chi connectivity index (χ2v) is 3.93. The zero-order chi connectivity index (χ0) is 8.93. The smallest absolute Gasteiger partial charge is 0.0764 e. The molecule has 0 saturated carbocycles. The van der Waals surface area contributed by atoms with Gasteiger partial charge in [0, 0.05) is 0 Å². The van der Waals surface area contributed by atoms with Crippen molar-refractivity contribution in [2.45, 2.75) is 50.7 Å². The molecule has 0 fully saturated rings. The number of rotatable bonds is 2. The molecule has 0 bridgehead atoms. The van der Waals surface area contributed by atoms with Crippen LogP contribution >= 0.6 is 0 Å². The molecule has 2 aliphatic carbocycles. The Morgan fingerprint density at radius 2 is 1.38 bits per heavy atom. The van der Waals surface area contributed by atoms with Gasteiger partial charge in [-0.05, 0) is 38.5 Å². The van der Waals surface area contributed by atoms with E-state index in [1.807, 2.05) is 0 Å². The molecule has 0 saturated heterocycles. The summed E-state index contributed by atoms with van der Waals surface area (Å²) in [6.07, 6.45) is 17.2. The van der Waals surface area contributed by atoms with Gasteiger partial charge in [0.15, 0.2) is 0 Å². The maximum absolute atomic E-state index is 5.96. The highest BCUT2D eigenvalue weighted by Gasteiger charge is 2.15. The normalized spacial score (nSPS) is 33.5.